The van der Waals surface area contributed by atoms with Crippen LogP contribution in [0.15, 0.2) is 103 Å². The largest absolute Gasteiger partial charge is 0.489 e. The molecule has 0 bridgehead atoms. The number of halogens is 1. The molecule has 2 amide bonds. The van der Waals surface area contributed by atoms with E-state index in [1.807, 2.05) is 106 Å². The van der Waals surface area contributed by atoms with Crippen molar-refractivity contribution in [1.29, 1.82) is 0 Å². The molecule has 5 atom stereocenters. The van der Waals surface area contributed by atoms with Gasteiger partial charge in [0.2, 0.25) is 5.91 Å². The van der Waals surface area contributed by atoms with E-state index in [4.69, 9.17) is 13.9 Å². The molecular weight excluding hydrogens is 724 g/mol. The lowest BCUT2D eigenvalue weighted by atomic mass is 9.88. The second kappa shape index (κ2) is 18.2. The summed E-state index contributed by atoms with van der Waals surface area (Å²) in [6.45, 7) is 16.7. The van der Waals surface area contributed by atoms with Gasteiger partial charge in [0.15, 0.2) is 8.32 Å². The summed E-state index contributed by atoms with van der Waals surface area (Å²) < 4.78 is 33.8. The summed E-state index contributed by atoms with van der Waals surface area (Å²) in [5.74, 6) is -0.654. The number of hydrogen-bond acceptors (Lipinski definition) is 6. The highest BCUT2D eigenvalue weighted by Crippen LogP contribution is 2.39. The molecule has 0 spiro atoms. The molecule has 8 nitrogen and oxygen atoms in total. The highest BCUT2D eigenvalue weighted by Gasteiger charge is 2.43. The number of nitrogens with one attached hydrogen (secondary N) is 2. The molecule has 4 aromatic carbocycles. The van der Waals surface area contributed by atoms with Crippen LogP contribution in [0.3, 0.4) is 0 Å². The van der Waals surface area contributed by atoms with E-state index in [1.165, 1.54) is 6.07 Å². The zero-order valence-electron chi connectivity index (χ0n) is 34.1. The van der Waals surface area contributed by atoms with Gasteiger partial charge in [-0.2, -0.15) is 0 Å². The van der Waals surface area contributed by atoms with Crippen LogP contribution in [-0.2, 0) is 39.8 Å². The average Bonchev–Trinajstić information content (AvgIpc) is 3.45. The van der Waals surface area contributed by atoms with E-state index in [1.54, 1.807) is 12.1 Å². The Kier molecular flexibility index (Phi) is 13.8. The van der Waals surface area contributed by atoms with Gasteiger partial charge in [0.25, 0.3) is 0 Å². The van der Waals surface area contributed by atoms with Crippen molar-refractivity contribution in [3.05, 3.63) is 137 Å². The van der Waals surface area contributed by atoms with Gasteiger partial charge in [-0.3, -0.25) is 4.79 Å². The number of carbonyl (C=O) groups is 2. The molecule has 0 saturated heterocycles. The van der Waals surface area contributed by atoms with Gasteiger partial charge in [0.1, 0.15) is 23.8 Å². The van der Waals surface area contributed by atoms with Crippen molar-refractivity contribution in [1.82, 2.24) is 10.6 Å². The number of alkyl carbamates (subject to hydrolysis) is 1. The molecule has 1 aliphatic carbocycles. The van der Waals surface area contributed by atoms with Crippen molar-refractivity contribution in [2.45, 2.75) is 122 Å². The van der Waals surface area contributed by atoms with Gasteiger partial charge in [-0.15, -0.1) is 0 Å². The van der Waals surface area contributed by atoms with Crippen LogP contribution >= 0.6 is 0 Å². The van der Waals surface area contributed by atoms with E-state index >= 15 is 0 Å². The van der Waals surface area contributed by atoms with Crippen molar-refractivity contribution in [2.75, 3.05) is 0 Å². The third kappa shape index (κ3) is 11.8. The fourth-order valence-electron chi connectivity index (χ4n) is 6.82. The lowest BCUT2D eigenvalue weighted by Gasteiger charge is -2.42. The molecule has 3 N–H and O–H groups in total. The van der Waals surface area contributed by atoms with Crippen molar-refractivity contribution < 1.29 is 33.0 Å². The molecule has 0 heterocycles. The van der Waals surface area contributed by atoms with Gasteiger partial charge in [0.05, 0.1) is 24.3 Å². The molecule has 0 unspecified atom stereocenters. The lowest BCUT2D eigenvalue weighted by Crippen LogP contribution is -2.54. The molecule has 4 aromatic rings. The molecule has 0 saturated carbocycles. The summed E-state index contributed by atoms with van der Waals surface area (Å²) in [7, 11) is -2.51. The molecule has 1 aliphatic rings. The summed E-state index contributed by atoms with van der Waals surface area (Å²) in [5, 5.41) is 17.2. The number of aliphatic hydroxyl groups is 1. The Morgan fingerprint density at radius 1 is 0.821 bits per heavy atom. The molecule has 0 aliphatic heterocycles. The summed E-state index contributed by atoms with van der Waals surface area (Å²) in [6.07, 6.45) is -1.02. The van der Waals surface area contributed by atoms with Crippen molar-refractivity contribution in [3.63, 3.8) is 0 Å². The second-order valence-electron chi connectivity index (χ2n) is 17.5. The standard InChI is InChI=1S/C46H59FN2O6Si/c1-45(2,3)54-44(52)48-39(27-31-16-11-9-12-17-31)41(55-56(7,8)46(4,5)6)28-34(43(51)49-42-36-20-15-21-38(47)37(36)29-40(42)50)26-32-22-24-35(25-23-32)53-30-33-18-13-10-14-19-33/h9-25,34,39-42,50H,26-30H2,1-8H3,(H,48,52)(H,49,51)/t34-,39+,40-,41+,42+/m1/s1. The molecule has 0 aromatic heterocycles. The summed E-state index contributed by atoms with van der Waals surface area (Å²) >= 11 is 0. The first kappa shape index (κ1) is 42.6. The first-order valence-electron chi connectivity index (χ1n) is 19.6. The first-order chi connectivity index (χ1) is 26.4. The van der Waals surface area contributed by atoms with Crippen molar-refractivity contribution in [3.8, 4) is 5.75 Å². The van der Waals surface area contributed by atoms with E-state index < -0.39 is 56.0 Å². The summed E-state index contributed by atoms with van der Waals surface area (Å²) in [5.41, 5.74) is 3.22. The van der Waals surface area contributed by atoms with Crippen LogP contribution in [0.1, 0.15) is 81.8 Å². The number of ether oxygens (including phenoxy) is 2. The third-order valence-electron chi connectivity index (χ3n) is 10.8. The number of hydrogen-bond donors (Lipinski definition) is 3. The van der Waals surface area contributed by atoms with Crippen molar-refractivity contribution in [2.24, 2.45) is 5.92 Å². The quantitative estimate of drug-likeness (QED) is 0.104. The molecule has 0 fully saturated rings. The predicted molar refractivity (Wildman–Crippen MR) is 221 cm³/mol. The zero-order valence-corrected chi connectivity index (χ0v) is 35.1. The van der Waals surface area contributed by atoms with E-state index in [0.717, 1.165) is 16.7 Å². The smallest absolute Gasteiger partial charge is 0.407 e. The maximum Gasteiger partial charge on any atom is 0.407 e. The van der Waals surface area contributed by atoms with Crippen molar-refractivity contribution >= 4 is 20.3 Å². The molecule has 10 heteroatoms. The van der Waals surface area contributed by atoms with Crippen LogP contribution in [0.25, 0.3) is 0 Å². The monoisotopic (exact) mass is 782 g/mol. The van der Waals surface area contributed by atoms with Crippen LogP contribution in [0.2, 0.25) is 18.1 Å². The number of carbonyl (C=O) groups excluding carboxylic acids is 2. The Morgan fingerprint density at radius 3 is 2.04 bits per heavy atom. The number of aliphatic hydroxyl groups excluding tert-OH is 1. The first-order valence-corrected chi connectivity index (χ1v) is 22.5. The minimum atomic E-state index is -2.51. The van der Waals surface area contributed by atoms with Gasteiger partial charge in [0, 0.05) is 12.3 Å². The number of rotatable bonds is 15. The maximum atomic E-state index is 14.8. The third-order valence-corrected chi connectivity index (χ3v) is 15.3. The summed E-state index contributed by atoms with van der Waals surface area (Å²) in [6, 6.07) is 30.9. The molecule has 0 radical (unpaired) electrons. The van der Waals surface area contributed by atoms with Crippen LogP contribution < -0.4 is 15.4 Å². The molecule has 56 heavy (non-hydrogen) atoms. The van der Waals surface area contributed by atoms with Gasteiger partial charge in [-0.25, -0.2) is 9.18 Å². The van der Waals surface area contributed by atoms with Crippen LogP contribution in [0, 0.1) is 11.7 Å². The minimum Gasteiger partial charge on any atom is -0.489 e. The number of benzene rings is 4. The average molecular weight is 783 g/mol. The Hall–Kier alpha value is -4.51. The van der Waals surface area contributed by atoms with Gasteiger partial charge in [-0.1, -0.05) is 106 Å². The minimum absolute atomic E-state index is 0.109. The number of fused-ring (bicyclic) bond motifs is 1. The predicted octanol–water partition coefficient (Wildman–Crippen LogP) is 9.25. The van der Waals surface area contributed by atoms with E-state index in [9.17, 15) is 19.1 Å². The second-order valence-corrected chi connectivity index (χ2v) is 22.2. The zero-order chi connectivity index (χ0) is 40.7. The van der Waals surface area contributed by atoms with E-state index in [2.05, 4.69) is 44.5 Å². The van der Waals surface area contributed by atoms with Gasteiger partial charge >= 0.3 is 6.09 Å². The van der Waals surface area contributed by atoms with Gasteiger partial charge in [-0.05, 0) is 104 Å². The topological polar surface area (TPSA) is 106 Å². The highest BCUT2D eigenvalue weighted by atomic mass is 28.4. The summed E-state index contributed by atoms with van der Waals surface area (Å²) in [4.78, 5) is 28.2. The van der Waals surface area contributed by atoms with Gasteiger partial charge < -0.3 is 29.6 Å². The van der Waals surface area contributed by atoms with Crippen LogP contribution in [0.5, 0.6) is 5.75 Å². The highest BCUT2D eigenvalue weighted by molar-refractivity contribution is 6.74. The Labute approximate surface area is 333 Å². The fraction of sp³-hybridized carbons (Fsp3) is 0.435. The Bertz CT molecular complexity index is 1890. The normalized spacial score (nSPS) is 17.3. The Balaban J connectivity index is 1.50. The van der Waals surface area contributed by atoms with E-state index in [-0.39, 0.29) is 23.8 Å². The number of amides is 2. The maximum absolute atomic E-state index is 14.8. The van der Waals surface area contributed by atoms with Crippen LogP contribution in [-0.4, -0.2) is 49.3 Å². The molecular formula is C46H59FN2O6Si. The lowest BCUT2D eigenvalue weighted by molar-refractivity contribution is -0.127. The van der Waals surface area contributed by atoms with Crippen LogP contribution in [0.4, 0.5) is 9.18 Å². The van der Waals surface area contributed by atoms with E-state index in [0.29, 0.717) is 36.3 Å². The Morgan fingerprint density at radius 2 is 1.43 bits per heavy atom. The SMILES string of the molecule is CC(C)(C)OC(=O)N[C@@H](Cc1ccccc1)[C@H](C[C@@H](Cc1ccc(OCc2ccccc2)cc1)C(=O)N[C@H]1c2cccc(F)c2C[C@H]1O)O[Si](C)(C)C(C)(C)C. The molecule has 5 rings (SSSR count). The molecule has 300 valence electrons. The fourth-order valence-corrected chi connectivity index (χ4v) is 8.20.